The molecule has 0 unspecified atom stereocenters. The molecule has 0 saturated carbocycles. The van der Waals surface area contributed by atoms with E-state index in [-0.39, 0.29) is 5.91 Å². The summed E-state index contributed by atoms with van der Waals surface area (Å²) in [5.74, 6) is 1.38. The number of rotatable bonds is 7. The van der Waals surface area contributed by atoms with Crippen LogP contribution in [0.25, 0.3) is 5.82 Å². The number of hydrogen-bond donors (Lipinski definition) is 2. The van der Waals surface area contributed by atoms with Crippen LogP contribution >= 0.6 is 0 Å². The third-order valence-corrected chi connectivity index (χ3v) is 3.35. The Morgan fingerprint density at radius 2 is 1.96 bits per heavy atom. The Kier molecular flexibility index (Phi) is 5.14. The second kappa shape index (κ2) is 7.87. The molecule has 3 rings (SSSR count). The molecule has 1 aromatic carbocycles. The summed E-state index contributed by atoms with van der Waals surface area (Å²) >= 11 is 0. The minimum Gasteiger partial charge on any atom is -0.368 e. The highest BCUT2D eigenvalue weighted by Gasteiger charge is 2.03. The predicted octanol–water partition coefficient (Wildman–Crippen LogP) is 1.43. The van der Waals surface area contributed by atoms with Crippen molar-refractivity contribution in [1.82, 2.24) is 25.1 Å². The SMILES string of the molecule is O=C(Cc1ccccc1)NCCNc1cc(-n2cccn2)ncn1. The van der Waals surface area contributed by atoms with E-state index in [1.54, 1.807) is 16.9 Å². The zero-order chi connectivity index (χ0) is 16.6. The fourth-order valence-electron chi connectivity index (χ4n) is 2.21. The number of amides is 1. The molecule has 0 spiro atoms. The van der Waals surface area contributed by atoms with Gasteiger partial charge in [0.1, 0.15) is 12.1 Å². The van der Waals surface area contributed by atoms with Crippen LogP contribution in [0.3, 0.4) is 0 Å². The summed E-state index contributed by atoms with van der Waals surface area (Å²) < 4.78 is 1.66. The van der Waals surface area contributed by atoms with E-state index in [2.05, 4.69) is 25.7 Å². The molecule has 0 aliphatic carbocycles. The molecule has 2 heterocycles. The van der Waals surface area contributed by atoms with Crippen molar-refractivity contribution < 1.29 is 4.79 Å². The Balaban J connectivity index is 1.43. The maximum absolute atomic E-state index is 11.9. The van der Waals surface area contributed by atoms with Gasteiger partial charge in [0.05, 0.1) is 6.42 Å². The Labute approximate surface area is 139 Å². The van der Waals surface area contributed by atoms with Crippen LogP contribution in [0.1, 0.15) is 5.56 Å². The Bertz CT molecular complexity index is 773. The molecule has 2 aromatic heterocycles. The smallest absolute Gasteiger partial charge is 0.224 e. The highest BCUT2D eigenvalue weighted by atomic mass is 16.1. The number of aromatic nitrogens is 4. The molecule has 0 aliphatic rings. The van der Waals surface area contributed by atoms with E-state index in [4.69, 9.17) is 0 Å². The summed E-state index contributed by atoms with van der Waals surface area (Å²) in [7, 11) is 0. The van der Waals surface area contributed by atoms with E-state index >= 15 is 0 Å². The number of nitrogens with zero attached hydrogens (tertiary/aromatic N) is 4. The van der Waals surface area contributed by atoms with Gasteiger partial charge in [-0.2, -0.15) is 5.10 Å². The van der Waals surface area contributed by atoms with Gasteiger partial charge in [-0.05, 0) is 11.6 Å². The van der Waals surface area contributed by atoms with E-state index in [0.717, 1.165) is 5.56 Å². The average molecular weight is 322 g/mol. The zero-order valence-corrected chi connectivity index (χ0v) is 13.1. The second-order valence-corrected chi connectivity index (χ2v) is 5.15. The van der Waals surface area contributed by atoms with Gasteiger partial charge in [0, 0.05) is 31.5 Å². The van der Waals surface area contributed by atoms with Crippen molar-refractivity contribution in [1.29, 1.82) is 0 Å². The summed E-state index contributed by atoms with van der Waals surface area (Å²) in [4.78, 5) is 20.2. The minimum atomic E-state index is 0.00270. The van der Waals surface area contributed by atoms with Gasteiger partial charge in [-0.3, -0.25) is 4.79 Å². The van der Waals surface area contributed by atoms with Gasteiger partial charge in [-0.1, -0.05) is 30.3 Å². The lowest BCUT2D eigenvalue weighted by Crippen LogP contribution is -2.30. The van der Waals surface area contributed by atoms with Crippen molar-refractivity contribution in [2.75, 3.05) is 18.4 Å². The van der Waals surface area contributed by atoms with Crippen LogP contribution in [-0.2, 0) is 11.2 Å². The Morgan fingerprint density at radius 3 is 2.75 bits per heavy atom. The molecule has 7 heteroatoms. The monoisotopic (exact) mass is 322 g/mol. The minimum absolute atomic E-state index is 0.00270. The maximum Gasteiger partial charge on any atom is 0.224 e. The number of carbonyl (C=O) groups is 1. The van der Waals surface area contributed by atoms with Gasteiger partial charge < -0.3 is 10.6 Å². The van der Waals surface area contributed by atoms with Crippen molar-refractivity contribution in [3.8, 4) is 5.82 Å². The van der Waals surface area contributed by atoms with Crippen molar-refractivity contribution in [2.24, 2.45) is 0 Å². The van der Waals surface area contributed by atoms with Gasteiger partial charge in [0.25, 0.3) is 0 Å². The lowest BCUT2D eigenvalue weighted by molar-refractivity contribution is -0.120. The molecule has 2 N–H and O–H groups in total. The van der Waals surface area contributed by atoms with E-state index in [1.165, 1.54) is 6.33 Å². The third kappa shape index (κ3) is 4.39. The number of benzene rings is 1. The predicted molar refractivity (Wildman–Crippen MR) is 90.8 cm³/mol. The topological polar surface area (TPSA) is 84.7 Å². The van der Waals surface area contributed by atoms with Gasteiger partial charge in [-0.25, -0.2) is 14.6 Å². The molecule has 1 amide bonds. The van der Waals surface area contributed by atoms with E-state index in [1.807, 2.05) is 42.6 Å². The molecule has 0 atom stereocenters. The number of carbonyl (C=O) groups excluding carboxylic acids is 1. The first-order chi connectivity index (χ1) is 11.8. The van der Waals surface area contributed by atoms with Crippen LogP contribution in [0.4, 0.5) is 5.82 Å². The first-order valence-corrected chi connectivity index (χ1v) is 7.68. The van der Waals surface area contributed by atoms with Crippen molar-refractivity contribution >= 4 is 11.7 Å². The lowest BCUT2D eigenvalue weighted by atomic mass is 10.1. The van der Waals surface area contributed by atoms with Gasteiger partial charge >= 0.3 is 0 Å². The first-order valence-electron chi connectivity index (χ1n) is 7.68. The first kappa shape index (κ1) is 15.7. The lowest BCUT2D eigenvalue weighted by Gasteiger charge is -2.08. The van der Waals surface area contributed by atoms with Gasteiger partial charge in [-0.15, -0.1) is 0 Å². The van der Waals surface area contributed by atoms with Crippen molar-refractivity contribution in [3.63, 3.8) is 0 Å². The van der Waals surface area contributed by atoms with Crippen molar-refractivity contribution in [2.45, 2.75) is 6.42 Å². The molecule has 0 fully saturated rings. The van der Waals surface area contributed by atoms with Crippen LogP contribution in [0, 0.1) is 0 Å². The average Bonchev–Trinajstić information content (AvgIpc) is 3.15. The maximum atomic E-state index is 11.9. The Morgan fingerprint density at radius 1 is 1.08 bits per heavy atom. The summed E-state index contributed by atoms with van der Waals surface area (Å²) in [6, 6.07) is 13.3. The summed E-state index contributed by atoms with van der Waals surface area (Å²) in [5.41, 5.74) is 1.00. The normalized spacial score (nSPS) is 10.3. The highest BCUT2D eigenvalue weighted by Crippen LogP contribution is 2.07. The van der Waals surface area contributed by atoms with Crippen LogP contribution in [0.2, 0.25) is 0 Å². The molecule has 0 bridgehead atoms. The fraction of sp³-hybridized carbons (Fsp3) is 0.176. The standard InChI is InChI=1S/C17H18N6O/c24-17(11-14-5-2-1-3-6-14)19-9-8-18-15-12-16(21-13-20-15)23-10-4-7-22-23/h1-7,10,12-13H,8-9,11H2,(H,19,24)(H,18,20,21). The van der Waals surface area contributed by atoms with Gasteiger partial charge in [0.15, 0.2) is 5.82 Å². The molecule has 122 valence electrons. The largest absolute Gasteiger partial charge is 0.368 e. The number of anilines is 1. The summed E-state index contributed by atoms with van der Waals surface area (Å²) in [6.45, 7) is 1.10. The molecule has 3 aromatic rings. The van der Waals surface area contributed by atoms with Crippen LogP contribution in [-0.4, -0.2) is 38.7 Å². The van der Waals surface area contributed by atoms with Crippen LogP contribution < -0.4 is 10.6 Å². The van der Waals surface area contributed by atoms with Crippen molar-refractivity contribution in [3.05, 3.63) is 66.7 Å². The van der Waals surface area contributed by atoms with E-state index in [0.29, 0.717) is 31.1 Å². The molecule has 7 nitrogen and oxygen atoms in total. The molecule has 0 radical (unpaired) electrons. The molecule has 0 saturated heterocycles. The van der Waals surface area contributed by atoms with E-state index in [9.17, 15) is 4.79 Å². The van der Waals surface area contributed by atoms with Crippen LogP contribution in [0.15, 0.2) is 61.2 Å². The summed E-state index contributed by atoms with van der Waals surface area (Å²) in [5, 5.41) is 10.2. The molecular formula is C17H18N6O. The Hall–Kier alpha value is -3.22. The number of hydrogen-bond acceptors (Lipinski definition) is 5. The van der Waals surface area contributed by atoms with Crippen LogP contribution in [0.5, 0.6) is 0 Å². The molecular weight excluding hydrogens is 304 g/mol. The summed E-state index contributed by atoms with van der Waals surface area (Å²) in [6.07, 6.45) is 5.37. The highest BCUT2D eigenvalue weighted by molar-refractivity contribution is 5.78. The molecule has 24 heavy (non-hydrogen) atoms. The fourth-order valence-corrected chi connectivity index (χ4v) is 2.21. The third-order valence-electron chi connectivity index (χ3n) is 3.35. The number of nitrogens with one attached hydrogen (secondary N) is 2. The second-order valence-electron chi connectivity index (χ2n) is 5.15. The quantitative estimate of drug-likeness (QED) is 0.643. The van der Waals surface area contributed by atoms with Gasteiger partial charge in [0.2, 0.25) is 5.91 Å². The molecule has 0 aliphatic heterocycles. The zero-order valence-electron chi connectivity index (χ0n) is 13.1. The van der Waals surface area contributed by atoms with E-state index < -0.39 is 0 Å².